The second kappa shape index (κ2) is 6.15. The van der Waals surface area contributed by atoms with Crippen LogP contribution >= 0.6 is 0 Å². The molecule has 21 heavy (non-hydrogen) atoms. The molecule has 0 aliphatic carbocycles. The number of aromatic nitrogens is 2. The Morgan fingerprint density at radius 3 is 2.81 bits per heavy atom. The van der Waals surface area contributed by atoms with Crippen LogP contribution in [0.1, 0.15) is 25.3 Å². The number of carbonyl (C=O) groups excluding carboxylic acids is 1. The van der Waals surface area contributed by atoms with Gasteiger partial charge in [-0.2, -0.15) is 5.10 Å². The standard InChI is InChI=1S/C14H22N4O3/c1-10-5-4-6-18(12(10)13(19)20)14(21)16(2)8-11-7-15-17(3)9-11/h7,9-10,12H,4-6,8H2,1-3H3,(H,19,20). The molecule has 7 heteroatoms. The van der Waals surface area contributed by atoms with Gasteiger partial charge in [-0.3, -0.25) is 4.68 Å². The summed E-state index contributed by atoms with van der Waals surface area (Å²) in [4.78, 5) is 27.0. The predicted molar refractivity (Wildman–Crippen MR) is 76.6 cm³/mol. The highest BCUT2D eigenvalue weighted by atomic mass is 16.4. The molecule has 1 fully saturated rings. The number of carboxylic acid groups (broad SMARTS) is 1. The first-order valence-corrected chi connectivity index (χ1v) is 7.12. The molecule has 116 valence electrons. The SMILES string of the molecule is CC1CCCN(C(=O)N(C)Cc2cnn(C)c2)C1C(=O)O. The van der Waals surface area contributed by atoms with Gasteiger partial charge in [-0.15, -0.1) is 0 Å². The molecule has 2 rings (SSSR count). The lowest BCUT2D eigenvalue weighted by Crippen LogP contribution is -2.55. The molecule has 1 aliphatic heterocycles. The number of hydrogen-bond acceptors (Lipinski definition) is 3. The molecule has 0 bridgehead atoms. The molecule has 0 radical (unpaired) electrons. The Bertz CT molecular complexity index is 528. The van der Waals surface area contributed by atoms with Gasteiger partial charge in [0.2, 0.25) is 0 Å². The fraction of sp³-hybridized carbons (Fsp3) is 0.643. The molecule has 1 aromatic rings. The van der Waals surface area contributed by atoms with Crippen LogP contribution in [0, 0.1) is 5.92 Å². The van der Waals surface area contributed by atoms with Gasteiger partial charge in [-0.05, 0) is 18.8 Å². The summed E-state index contributed by atoms with van der Waals surface area (Å²) in [5.41, 5.74) is 0.922. The minimum absolute atomic E-state index is 0.0213. The Morgan fingerprint density at radius 1 is 1.52 bits per heavy atom. The Kier molecular flexibility index (Phi) is 4.50. The maximum absolute atomic E-state index is 12.5. The van der Waals surface area contributed by atoms with Crippen LogP contribution in [0.5, 0.6) is 0 Å². The molecule has 1 saturated heterocycles. The first-order chi connectivity index (χ1) is 9.90. The summed E-state index contributed by atoms with van der Waals surface area (Å²) in [6.45, 7) is 2.81. The van der Waals surface area contributed by atoms with E-state index < -0.39 is 12.0 Å². The third-order valence-corrected chi connectivity index (χ3v) is 3.94. The predicted octanol–water partition coefficient (Wildman–Crippen LogP) is 1.16. The molecule has 0 aromatic carbocycles. The Morgan fingerprint density at radius 2 is 2.24 bits per heavy atom. The zero-order valence-electron chi connectivity index (χ0n) is 12.7. The van der Waals surface area contributed by atoms with Crippen LogP contribution in [-0.4, -0.2) is 56.3 Å². The van der Waals surface area contributed by atoms with Gasteiger partial charge in [0.15, 0.2) is 0 Å². The topological polar surface area (TPSA) is 78.7 Å². The third-order valence-electron chi connectivity index (χ3n) is 3.94. The van der Waals surface area contributed by atoms with E-state index in [0.29, 0.717) is 13.1 Å². The minimum Gasteiger partial charge on any atom is -0.480 e. The summed E-state index contributed by atoms with van der Waals surface area (Å²) < 4.78 is 1.68. The van der Waals surface area contributed by atoms with Crippen molar-refractivity contribution in [3.63, 3.8) is 0 Å². The van der Waals surface area contributed by atoms with Gasteiger partial charge in [0.25, 0.3) is 0 Å². The van der Waals surface area contributed by atoms with E-state index >= 15 is 0 Å². The van der Waals surface area contributed by atoms with Gasteiger partial charge in [0.1, 0.15) is 6.04 Å². The molecule has 1 N–H and O–H groups in total. The van der Waals surface area contributed by atoms with Crippen LogP contribution in [0.2, 0.25) is 0 Å². The second-order valence-corrected chi connectivity index (χ2v) is 5.76. The largest absolute Gasteiger partial charge is 0.480 e. The summed E-state index contributed by atoms with van der Waals surface area (Å²) >= 11 is 0. The van der Waals surface area contributed by atoms with Crippen molar-refractivity contribution in [1.29, 1.82) is 0 Å². The van der Waals surface area contributed by atoms with Crippen molar-refractivity contribution in [3.05, 3.63) is 18.0 Å². The Labute approximate surface area is 124 Å². The number of likely N-dealkylation sites (tertiary alicyclic amines) is 1. The van der Waals surface area contributed by atoms with Crippen molar-refractivity contribution < 1.29 is 14.7 Å². The molecular formula is C14H22N4O3. The molecule has 1 aliphatic rings. The van der Waals surface area contributed by atoms with Gasteiger partial charge in [0, 0.05) is 32.4 Å². The smallest absolute Gasteiger partial charge is 0.326 e. The van der Waals surface area contributed by atoms with E-state index in [0.717, 1.165) is 18.4 Å². The maximum atomic E-state index is 12.5. The lowest BCUT2D eigenvalue weighted by molar-refractivity contribution is -0.145. The summed E-state index contributed by atoms with van der Waals surface area (Å²) in [5.74, 6) is -0.947. The molecule has 2 unspecified atom stereocenters. The van der Waals surface area contributed by atoms with Crippen molar-refractivity contribution in [1.82, 2.24) is 19.6 Å². The van der Waals surface area contributed by atoms with Gasteiger partial charge in [0.05, 0.1) is 12.7 Å². The van der Waals surface area contributed by atoms with Gasteiger partial charge >= 0.3 is 12.0 Å². The van der Waals surface area contributed by atoms with Crippen LogP contribution in [0.4, 0.5) is 4.79 Å². The molecular weight excluding hydrogens is 272 g/mol. The first kappa shape index (κ1) is 15.3. The lowest BCUT2D eigenvalue weighted by atomic mass is 9.91. The van der Waals surface area contributed by atoms with Crippen molar-refractivity contribution in [2.45, 2.75) is 32.4 Å². The average molecular weight is 294 g/mol. The quantitative estimate of drug-likeness (QED) is 0.907. The molecule has 7 nitrogen and oxygen atoms in total. The summed E-state index contributed by atoms with van der Waals surface area (Å²) in [6.07, 6.45) is 5.24. The second-order valence-electron chi connectivity index (χ2n) is 5.76. The fourth-order valence-electron chi connectivity index (χ4n) is 2.89. The molecule has 2 atom stereocenters. The molecule has 2 heterocycles. The Balaban J connectivity index is 2.07. The first-order valence-electron chi connectivity index (χ1n) is 7.12. The number of urea groups is 1. The number of carbonyl (C=O) groups is 2. The number of hydrogen-bond donors (Lipinski definition) is 1. The van der Waals surface area contributed by atoms with Crippen molar-refractivity contribution in [2.24, 2.45) is 13.0 Å². The van der Waals surface area contributed by atoms with Crippen LogP contribution in [0.3, 0.4) is 0 Å². The Hall–Kier alpha value is -2.05. The number of aliphatic carboxylic acids is 1. The highest BCUT2D eigenvalue weighted by Crippen LogP contribution is 2.24. The summed E-state index contributed by atoms with van der Waals surface area (Å²) in [7, 11) is 3.51. The summed E-state index contributed by atoms with van der Waals surface area (Å²) in [6, 6.07) is -0.972. The lowest BCUT2D eigenvalue weighted by Gasteiger charge is -2.39. The maximum Gasteiger partial charge on any atom is 0.326 e. The normalized spacial score (nSPS) is 22.1. The van der Waals surface area contributed by atoms with Crippen LogP contribution < -0.4 is 0 Å². The van der Waals surface area contributed by atoms with Crippen molar-refractivity contribution in [3.8, 4) is 0 Å². The van der Waals surface area contributed by atoms with Gasteiger partial charge < -0.3 is 14.9 Å². The minimum atomic E-state index is -0.926. The molecule has 0 saturated carbocycles. The van der Waals surface area contributed by atoms with Crippen LogP contribution in [-0.2, 0) is 18.4 Å². The zero-order chi connectivity index (χ0) is 15.6. The number of rotatable bonds is 3. The van der Waals surface area contributed by atoms with E-state index in [1.54, 1.807) is 22.8 Å². The average Bonchev–Trinajstić information content (AvgIpc) is 2.82. The number of carboxylic acids is 1. The van der Waals surface area contributed by atoms with Crippen molar-refractivity contribution in [2.75, 3.05) is 13.6 Å². The monoisotopic (exact) mass is 294 g/mol. The van der Waals surface area contributed by atoms with E-state index in [1.807, 2.05) is 20.2 Å². The number of nitrogens with zero attached hydrogens (tertiary/aromatic N) is 4. The van der Waals surface area contributed by atoms with E-state index in [-0.39, 0.29) is 11.9 Å². The van der Waals surface area contributed by atoms with E-state index in [2.05, 4.69) is 5.10 Å². The fourth-order valence-corrected chi connectivity index (χ4v) is 2.89. The molecule has 1 aromatic heterocycles. The summed E-state index contributed by atoms with van der Waals surface area (Å²) in [5, 5.41) is 13.4. The highest BCUT2D eigenvalue weighted by Gasteiger charge is 2.38. The van der Waals surface area contributed by atoms with Gasteiger partial charge in [-0.25, -0.2) is 9.59 Å². The number of amides is 2. The highest BCUT2D eigenvalue weighted by molar-refractivity contribution is 5.83. The van der Waals surface area contributed by atoms with Gasteiger partial charge in [-0.1, -0.05) is 6.92 Å². The van der Waals surface area contributed by atoms with E-state index in [4.69, 9.17) is 0 Å². The molecule has 2 amide bonds. The van der Waals surface area contributed by atoms with Crippen LogP contribution in [0.15, 0.2) is 12.4 Å². The number of aryl methyl sites for hydroxylation is 1. The van der Waals surface area contributed by atoms with E-state index in [9.17, 15) is 14.7 Å². The molecule has 0 spiro atoms. The number of piperidine rings is 1. The van der Waals surface area contributed by atoms with Crippen LogP contribution in [0.25, 0.3) is 0 Å². The van der Waals surface area contributed by atoms with E-state index in [1.165, 1.54) is 4.90 Å². The zero-order valence-corrected chi connectivity index (χ0v) is 12.7. The van der Waals surface area contributed by atoms with Crippen molar-refractivity contribution >= 4 is 12.0 Å². The third kappa shape index (κ3) is 3.34.